The van der Waals surface area contributed by atoms with Crippen LogP contribution in [0.3, 0.4) is 0 Å². The van der Waals surface area contributed by atoms with Crippen molar-refractivity contribution in [1.82, 2.24) is 15.6 Å². The number of aryl methyl sites for hydroxylation is 1. The number of benzene rings is 1. The van der Waals surface area contributed by atoms with Crippen molar-refractivity contribution in [2.24, 2.45) is 4.99 Å². The first-order chi connectivity index (χ1) is 13.7. The van der Waals surface area contributed by atoms with Crippen molar-refractivity contribution in [3.05, 3.63) is 39.8 Å². The summed E-state index contributed by atoms with van der Waals surface area (Å²) in [5.74, 6) is 2.40. The molecule has 0 bridgehead atoms. The second kappa shape index (κ2) is 12.2. The average molecular weight is 530 g/mol. The molecule has 1 heterocycles. The molecule has 3 rings (SSSR count). The first kappa shape index (κ1) is 23.7. The van der Waals surface area contributed by atoms with Crippen LogP contribution in [-0.4, -0.2) is 37.7 Å². The molecule has 0 atom stereocenters. The number of guanidine groups is 1. The van der Waals surface area contributed by atoms with Crippen LogP contribution < -0.4 is 20.1 Å². The predicted molar refractivity (Wildman–Crippen MR) is 130 cm³/mol. The Morgan fingerprint density at radius 1 is 1.28 bits per heavy atom. The fourth-order valence-corrected chi connectivity index (χ4v) is 4.05. The molecule has 2 N–H and O–H groups in total. The molecule has 29 heavy (non-hydrogen) atoms. The molecule has 0 radical (unpaired) electrons. The quantitative estimate of drug-likeness (QED) is 0.303. The number of aliphatic imine (C=N–C) groups is 1. The molecule has 1 aromatic carbocycles. The second-order valence-electron chi connectivity index (χ2n) is 6.93. The van der Waals surface area contributed by atoms with Gasteiger partial charge in [-0.25, -0.2) is 4.98 Å². The molecule has 160 valence electrons. The monoisotopic (exact) mass is 530 g/mol. The Balaban J connectivity index is 0.00000300. The van der Waals surface area contributed by atoms with Crippen molar-refractivity contribution < 1.29 is 9.47 Å². The summed E-state index contributed by atoms with van der Waals surface area (Å²) in [4.78, 5) is 8.81. The topological polar surface area (TPSA) is 67.8 Å². The number of hydrogen-bond acceptors (Lipinski definition) is 5. The number of hydrogen-bond donors (Lipinski definition) is 2. The average Bonchev–Trinajstić information content (AvgIpc) is 3.37. The molecule has 1 aliphatic carbocycles. The van der Waals surface area contributed by atoms with E-state index >= 15 is 0 Å². The smallest absolute Gasteiger partial charge is 0.191 e. The summed E-state index contributed by atoms with van der Waals surface area (Å²) in [7, 11) is 3.47. The van der Waals surface area contributed by atoms with Gasteiger partial charge in [0.25, 0.3) is 0 Å². The van der Waals surface area contributed by atoms with Crippen LogP contribution in [0.15, 0.2) is 28.6 Å². The lowest BCUT2D eigenvalue weighted by molar-refractivity contribution is 0.198. The van der Waals surface area contributed by atoms with Crippen molar-refractivity contribution in [1.29, 1.82) is 0 Å². The third-order valence-electron chi connectivity index (χ3n) is 4.88. The van der Waals surface area contributed by atoms with Crippen LogP contribution in [0.25, 0.3) is 0 Å². The van der Waals surface area contributed by atoms with Gasteiger partial charge in [-0.05, 0) is 38.7 Å². The number of methoxy groups -OCH3 is 1. The summed E-state index contributed by atoms with van der Waals surface area (Å²) in [6.45, 7) is 3.43. The third kappa shape index (κ3) is 7.02. The highest BCUT2D eigenvalue weighted by Gasteiger charge is 2.20. The molecular formula is C21H31IN4O2S. The first-order valence-corrected chi connectivity index (χ1v) is 10.8. The van der Waals surface area contributed by atoms with Crippen LogP contribution in [-0.2, 0) is 13.0 Å². The minimum Gasteiger partial charge on any atom is -0.493 e. The Kier molecular flexibility index (Phi) is 9.99. The van der Waals surface area contributed by atoms with Crippen LogP contribution in [0, 0.1) is 6.92 Å². The Hall–Kier alpha value is -1.55. The number of ether oxygens (including phenoxy) is 2. The Morgan fingerprint density at radius 3 is 2.72 bits per heavy atom. The zero-order chi connectivity index (χ0) is 19.8. The molecule has 0 saturated heterocycles. The molecule has 1 aliphatic rings. The number of rotatable bonds is 8. The molecular weight excluding hydrogens is 499 g/mol. The van der Waals surface area contributed by atoms with Gasteiger partial charge in [-0.15, -0.1) is 35.3 Å². The van der Waals surface area contributed by atoms with Crippen molar-refractivity contribution >= 4 is 41.3 Å². The molecule has 0 amide bonds. The highest BCUT2D eigenvalue weighted by Crippen LogP contribution is 2.34. The van der Waals surface area contributed by atoms with Gasteiger partial charge in [0.2, 0.25) is 0 Å². The summed E-state index contributed by atoms with van der Waals surface area (Å²) in [5.41, 5.74) is 2.19. The lowest BCUT2D eigenvalue weighted by Gasteiger charge is -2.20. The lowest BCUT2D eigenvalue weighted by atomic mass is 10.1. The van der Waals surface area contributed by atoms with Crippen LogP contribution in [0.4, 0.5) is 0 Å². The van der Waals surface area contributed by atoms with Crippen LogP contribution in [0.1, 0.15) is 41.9 Å². The van der Waals surface area contributed by atoms with Crippen molar-refractivity contribution in [3.8, 4) is 11.5 Å². The SMILES string of the molecule is CN=C(NCCc1csc(C)n1)NCc1cccc(OC)c1OC1CCCC1.I. The molecule has 2 aromatic rings. The normalized spacial score (nSPS) is 14.4. The van der Waals surface area contributed by atoms with E-state index in [4.69, 9.17) is 9.47 Å². The van der Waals surface area contributed by atoms with Crippen LogP contribution >= 0.6 is 35.3 Å². The van der Waals surface area contributed by atoms with E-state index in [2.05, 4.69) is 32.1 Å². The van der Waals surface area contributed by atoms with Gasteiger partial charge in [0, 0.05) is 37.5 Å². The number of para-hydroxylation sites is 1. The molecule has 0 aliphatic heterocycles. The number of nitrogens with one attached hydrogen (secondary N) is 2. The maximum atomic E-state index is 6.30. The molecule has 1 saturated carbocycles. The fraction of sp³-hybridized carbons (Fsp3) is 0.524. The van der Waals surface area contributed by atoms with Gasteiger partial charge in [0.05, 0.1) is 23.9 Å². The molecule has 0 unspecified atom stereocenters. The highest BCUT2D eigenvalue weighted by molar-refractivity contribution is 14.0. The molecule has 1 aromatic heterocycles. The molecule has 8 heteroatoms. The number of halogens is 1. The van der Waals surface area contributed by atoms with Crippen molar-refractivity contribution in [2.45, 2.75) is 51.7 Å². The van der Waals surface area contributed by atoms with E-state index in [1.807, 2.05) is 19.1 Å². The van der Waals surface area contributed by atoms with Gasteiger partial charge in [0.1, 0.15) is 0 Å². The standard InChI is InChI=1S/C21H30N4O2S.HI/c1-15-25-17(14-28-15)11-12-23-21(22-2)24-13-16-7-6-10-19(26-3)20(16)27-18-8-4-5-9-18;/h6-7,10,14,18H,4-5,8-9,11-13H2,1-3H3,(H2,22,23,24);1H. The highest BCUT2D eigenvalue weighted by atomic mass is 127. The van der Waals surface area contributed by atoms with Crippen molar-refractivity contribution in [2.75, 3.05) is 20.7 Å². The van der Waals surface area contributed by atoms with Gasteiger partial charge in [-0.1, -0.05) is 12.1 Å². The summed E-state index contributed by atoms with van der Waals surface area (Å²) in [6.07, 6.45) is 5.87. The van der Waals surface area contributed by atoms with E-state index in [0.29, 0.717) is 6.54 Å². The fourth-order valence-electron chi connectivity index (χ4n) is 3.40. The van der Waals surface area contributed by atoms with E-state index in [1.165, 1.54) is 12.8 Å². The Morgan fingerprint density at radius 2 is 2.07 bits per heavy atom. The Labute approximate surface area is 194 Å². The maximum absolute atomic E-state index is 6.30. The van der Waals surface area contributed by atoms with Crippen molar-refractivity contribution in [3.63, 3.8) is 0 Å². The summed E-state index contributed by atoms with van der Waals surface area (Å²) in [5, 5.41) is 9.94. The first-order valence-electron chi connectivity index (χ1n) is 9.87. The van der Waals surface area contributed by atoms with Gasteiger partial charge in [-0.3, -0.25) is 4.99 Å². The van der Waals surface area contributed by atoms with Gasteiger partial charge in [-0.2, -0.15) is 0 Å². The largest absolute Gasteiger partial charge is 0.493 e. The predicted octanol–water partition coefficient (Wildman–Crippen LogP) is 4.31. The van der Waals surface area contributed by atoms with E-state index < -0.39 is 0 Å². The minimum atomic E-state index is 0. The molecule has 1 fully saturated rings. The summed E-state index contributed by atoms with van der Waals surface area (Å²) in [6, 6.07) is 6.03. The number of nitrogens with zero attached hydrogens (tertiary/aromatic N) is 2. The Bertz CT molecular complexity index is 791. The van der Waals surface area contributed by atoms with Crippen LogP contribution in [0.2, 0.25) is 0 Å². The zero-order valence-corrected chi connectivity index (χ0v) is 20.5. The van der Waals surface area contributed by atoms with Gasteiger partial charge >= 0.3 is 0 Å². The zero-order valence-electron chi connectivity index (χ0n) is 17.4. The summed E-state index contributed by atoms with van der Waals surface area (Å²) >= 11 is 1.68. The lowest BCUT2D eigenvalue weighted by Crippen LogP contribution is -2.38. The van der Waals surface area contributed by atoms with E-state index in [0.717, 1.165) is 59.5 Å². The minimum absolute atomic E-state index is 0. The van der Waals surface area contributed by atoms with Gasteiger partial charge < -0.3 is 20.1 Å². The van der Waals surface area contributed by atoms with Crippen LogP contribution in [0.5, 0.6) is 11.5 Å². The van der Waals surface area contributed by atoms with E-state index in [1.54, 1.807) is 25.5 Å². The number of aromatic nitrogens is 1. The maximum Gasteiger partial charge on any atom is 0.191 e. The molecule has 0 spiro atoms. The number of thiazole rings is 1. The van der Waals surface area contributed by atoms with E-state index in [9.17, 15) is 0 Å². The third-order valence-corrected chi connectivity index (χ3v) is 5.70. The van der Waals surface area contributed by atoms with Gasteiger partial charge in [0.15, 0.2) is 17.5 Å². The van der Waals surface area contributed by atoms with E-state index in [-0.39, 0.29) is 30.1 Å². The summed E-state index contributed by atoms with van der Waals surface area (Å²) < 4.78 is 11.8. The second-order valence-corrected chi connectivity index (χ2v) is 8.00. The molecule has 6 nitrogen and oxygen atoms in total.